The fourth-order valence-corrected chi connectivity index (χ4v) is 3.79. The van der Waals surface area contributed by atoms with Crippen molar-refractivity contribution in [2.45, 2.75) is 19.9 Å². The predicted octanol–water partition coefficient (Wildman–Crippen LogP) is 3.96. The van der Waals surface area contributed by atoms with Crippen LogP contribution in [0.4, 0.5) is 22.0 Å². The molecule has 0 spiro atoms. The van der Waals surface area contributed by atoms with E-state index >= 15 is 0 Å². The number of amides is 3. The van der Waals surface area contributed by atoms with Crippen molar-refractivity contribution in [2.24, 2.45) is 0 Å². The van der Waals surface area contributed by atoms with E-state index < -0.39 is 0 Å². The third-order valence-corrected chi connectivity index (χ3v) is 5.38. The molecule has 31 heavy (non-hydrogen) atoms. The molecule has 1 aromatic heterocycles. The van der Waals surface area contributed by atoms with Crippen molar-refractivity contribution in [2.75, 3.05) is 29.1 Å². The Kier molecular flexibility index (Phi) is 5.84. The van der Waals surface area contributed by atoms with Gasteiger partial charge >= 0.3 is 6.03 Å². The molecule has 2 aromatic carbocycles. The second-order valence-electron chi connectivity index (χ2n) is 7.51. The molecule has 4 rings (SSSR count). The summed E-state index contributed by atoms with van der Waals surface area (Å²) in [6, 6.07) is 16.8. The van der Waals surface area contributed by atoms with Gasteiger partial charge in [-0.15, -0.1) is 0 Å². The fourth-order valence-electron chi connectivity index (χ4n) is 3.79. The van der Waals surface area contributed by atoms with Crippen molar-refractivity contribution in [1.29, 1.82) is 0 Å². The Labute approximate surface area is 181 Å². The summed E-state index contributed by atoms with van der Waals surface area (Å²) < 4.78 is 0. The van der Waals surface area contributed by atoms with Crippen molar-refractivity contribution in [3.8, 4) is 0 Å². The van der Waals surface area contributed by atoms with E-state index in [0.29, 0.717) is 24.5 Å². The van der Waals surface area contributed by atoms with Crippen molar-refractivity contribution >= 4 is 29.1 Å². The lowest BCUT2D eigenvalue weighted by Gasteiger charge is -2.32. The van der Waals surface area contributed by atoms with Crippen LogP contribution in [0.15, 0.2) is 60.8 Å². The molecule has 3 aromatic rings. The summed E-state index contributed by atoms with van der Waals surface area (Å²) in [7, 11) is 1.62. The first-order chi connectivity index (χ1) is 15.0. The molecular weight excluding hydrogens is 390 g/mol. The van der Waals surface area contributed by atoms with E-state index in [-0.39, 0.29) is 11.9 Å². The van der Waals surface area contributed by atoms with E-state index in [4.69, 9.17) is 0 Å². The molecule has 0 atom stereocenters. The van der Waals surface area contributed by atoms with Gasteiger partial charge in [-0.1, -0.05) is 29.8 Å². The molecule has 0 aliphatic carbocycles. The normalized spacial score (nSPS) is 12.6. The standard InChI is InChI=1S/C24H25N5O2/c1-16-8-10-18(11-9-16)27-24(31)28-21-7-3-5-17-15-29(14-12-19(17)21)22-20(23(30)25-2)6-4-13-26-22/h3-11,13H,12,14-15H2,1-2H3,(H,25,30)(H2,27,28,31). The number of benzene rings is 2. The van der Waals surface area contributed by atoms with Crippen LogP contribution in [0.2, 0.25) is 0 Å². The predicted molar refractivity (Wildman–Crippen MR) is 123 cm³/mol. The molecule has 0 fully saturated rings. The molecule has 1 aliphatic heterocycles. The molecule has 0 bridgehead atoms. The van der Waals surface area contributed by atoms with Crippen LogP contribution in [0.5, 0.6) is 0 Å². The monoisotopic (exact) mass is 415 g/mol. The molecular formula is C24H25N5O2. The highest BCUT2D eigenvalue weighted by Gasteiger charge is 2.23. The lowest BCUT2D eigenvalue weighted by Crippen LogP contribution is -2.34. The molecule has 7 nitrogen and oxygen atoms in total. The van der Waals surface area contributed by atoms with Gasteiger partial charge < -0.3 is 20.9 Å². The molecule has 0 saturated carbocycles. The average molecular weight is 415 g/mol. The Bertz CT molecular complexity index is 1110. The molecule has 7 heteroatoms. The number of rotatable bonds is 4. The van der Waals surface area contributed by atoms with Gasteiger partial charge in [-0.25, -0.2) is 9.78 Å². The van der Waals surface area contributed by atoms with Crippen molar-refractivity contribution in [1.82, 2.24) is 10.3 Å². The maximum absolute atomic E-state index is 12.5. The van der Waals surface area contributed by atoms with Gasteiger partial charge in [0.05, 0.1) is 5.56 Å². The van der Waals surface area contributed by atoms with Crippen LogP contribution in [0.3, 0.4) is 0 Å². The molecule has 3 amide bonds. The number of carbonyl (C=O) groups excluding carboxylic acids is 2. The molecule has 0 saturated heterocycles. The first-order valence-electron chi connectivity index (χ1n) is 10.2. The SMILES string of the molecule is CNC(=O)c1cccnc1N1CCc2c(cccc2NC(=O)Nc2ccc(C)cc2)C1. The fraction of sp³-hybridized carbons (Fsp3) is 0.208. The van der Waals surface area contributed by atoms with E-state index in [2.05, 4.69) is 25.8 Å². The van der Waals surface area contributed by atoms with Crippen molar-refractivity contribution < 1.29 is 9.59 Å². The van der Waals surface area contributed by atoms with Gasteiger partial charge in [-0.05, 0) is 54.8 Å². The smallest absolute Gasteiger partial charge is 0.323 e. The number of urea groups is 1. The second kappa shape index (κ2) is 8.87. The molecule has 0 radical (unpaired) electrons. The highest BCUT2D eigenvalue weighted by atomic mass is 16.2. The quantitative estimate of drug-likeness (QED) is 0.602. The van der Waals surface area contributed by atoms with Crippen LogP contribution in [-0.2, 0) is 13.0 Å². The van der Waals surface area contributed by atoms with Crippen LogP contribution < -0.4 is 20.9 Å². The van der Waals surface area contributed by atoms with E-state index in [9.17, 15) is 9.59 Å². The van der Waals surface area contributed by atoms with E-state index in [0.717, 1.165) is 34.5 Å². The molecule has 2 heterocycles. The molecule has 1 aliphatic rings. The average Bonchev–Trinajstić information content (AvgIpc) is 2.80. The summed E-state index contributed by atoms with van der Waals surface area (Å²) in [6.07, 6.45) is 2.44. The summed E-state index contributed by atoms with van der Waals surface area (Å²) in [6.45, 7) is 3.32. The number of carbonyl (C=O) groups is 2. The Morgan fingerprint density at radius 2 is 1.81 bits per heavy atom. The largest absolute Gasteiger partial charge is 0.355 e. The van der Waals surface area contributed by atoms with E-state index in [1.807, 2.05) is 49.4 Å². The van der Waals surface area contributed by atoms with Gasteiger partial charge in [-0.2, -0.15) is 0 Å². The van der Waals surface area contributed by atoms with Gasteiger partial charge in [0.1, 0.15) is 5.82 Å². The number of aromatic nitrogens is 1. The third kappa shape index (κ3) is 4.50. The topological polar surface area (TPSA) is 86.4 Å². The highest BCUT2D eigenvalue weighted by molar-refractivity contribution is 6.00. The Morgan fingerprint density at radius 3 is 2.58 bits per heavy atom. The van der Waals surface area contributed by atoms with E-state index in [1.54, 1.807) is 25.4 Å². The molecule has 158 valence electrons. The lowest BCUT2D eigenvalue weighted by molar-refractivity contribution is 0.0963. The number of hydrogen-bond acceptors (Lipinski definition) is 4. The molecule has 0 unspecified atom stereocenters. The minimum Gasteiger partial charge on any atom is -0.355 e. The number of hydrogen-bond donors (Lipinski definition) is 3. The van der Waals surface area contributed by atoms with E-state index in [1.165, 1.54) is 0 Å². The summed E-state index contributed by atoms with van der Waals surface area (Å²) in [4.78, 5) is 31.3. The van der Waals surface area contributed by atoms with Crippen molar-refractivity contribution in [3.05, 3.63) is 83.0 Å². The minimum atomic E-state index is -0.272. The summed E-state index contributed by atoms with van der Waals surface area (Å²) in [5, 5.41) is 8.52. The van der Waals surface area contributed by atoms with Crippen LogP contribution in [-0.4, -0.2) is 30.5 Å². The van der Waals surface area contributed by atoms with Gasteiger partial charge in [-0.3, -0.25) is 4.79 Å². The van der Waals surface area contributed by atoms with Gasteiger partial charge in [0.25, 0.3) is 5.91 Å². The van der Waals surface area contributed by atoms with Crippen LogP contribution in [0.25, 0.3) is 0 Å². The van der Waals surface area contributed by atoms with Crippen LogP contribution in [0.1, 0.15) is 27.0 Å². The Balaban J connectivity index is 1.51. The zero-order chi connectivity index (χ0) is 21.8. The maximum Gasteiger partial charge on any atom is 0.323 e. The summed E-state index contributed by atoms with van der Waals surface area (Å²) >= 11 is 0. The third-order valence-electron chi connectivity index (χ3n) is 5.38. The minimum absolute atomic E-state index is 0.155. The summed E-state index contributed by atoms with van der Waals surface area (Å²) in [5.74, 6) is 0.514. The van der Waals surface area contributed by atoms with Crippen LogP contribution in [0, 0.1) is 6.92 Å². The summed E-state index contributed by atoms with van der Waals surface area (Å²) in [5.41, 5.74) is 5.45. The number of aryl methyl sites for hydroxylation is 1. The Morgan fingerprint density at radius 1 is 1.00 bits per heavy atom. The number of anilines is 3. The number of nitrogens with zero attached hydrogens (tertiary/aromatic N) is 2. The van der Waals surface area contributed by atoms with Gasteiger partial charge in [0.2, 0.25) is 0 Å². The number of nitrogens with one attached hydrogen (secondary N) is 3. The van der Waals surface area contributed by atoms with Gasteiger partial charge in [0, 0.05) is 37.7 Å². The maximum atomic E-state index is 12.5. The Hall–Kier alpha value is -3.87. The van der Waals surface area contributed by atoms with Crippen molar-refractivity contribution in [3.63, 3.8) is 0 Å². The first-order valence-corrected chi connectivity index (χ1v) is 10.2. The van der Waals surface area contributed by atoms with Gasteiger partial charge in [0.15, 0.2) is 0 Å². The van der Waals surface area contributed by atoms with Crippen LogP contribution >= 0.6 is 0 Å². The second-order valence-corrected chi connectivity index (χ2v) is 7.51. The lowest BCUT2D eigenvalue weighted by atomic mass is 9.97. The molecule has 3 N–H and O–H groups in total. The first kappa shape index (κ1) is 20.4. The highest BCUT2D eigenvalue weighted by Crippen LogP contribution is 2.30. The zero-order valence-corrected chi connectivity index (χ0v) is 17.6. The number of fused-ring (bicyclic) bond motifs is 1. The number of pyridine rings is 1. The zero-order valence-electron chi connectivity index (χ0n) is 17.6.